The van der Waals surface area contributed by atoms with Crippen molar-refractivity contribution in [1.29, 1.82) is 0 Å². The molecule has 3 rings (SSSR count). The molecule has 3 heteroatoms. The van der Waals surface area contributed by atoms with E-state index >= 15 is 0 Å². The zero-order valence-electron chi connectivity index (χ0n) is 17.3. The Morgan fingerprint density at radius 2 is 1.12 bits per heavy atom. The normalized spacial score (nSPS) is 38.1. The molecule has 26 heavy (non-hydrogen) atoms. The number of rotatable bonds is 5. The minimum absolute atomic E-state index is 0. The van der Waals surface area contributed by atoms with Gasteiger partial charge in [0.1, 0.15) is 6.61 Å². The van der Waals surface area contributed by atoms with Crippen LogP contribution < -0.4 is 0 Å². The van der Waals surface area contributed by atoms with E-state index in [9.17, 15) is 0 Å². The van der Waals surface area contributed by atoms with Crippen LogP contribution in [0.3, 0.4) is 0 Å². The fourth-order valence-corrected chi connectivity index (χ4v) is 5.85. The Labute approximate surface area is 187 Å². The first-order chi connectivity index (χ1) is 12.1. The Bertz CT molecular complexity index is 410. The molecule has 0 amide bonds. The molecule has 3 saturated carbocycles. The second kappa shape index (κ2) is 11.5. The fourth-order valence-electron chi connectivity index (χ4n) is 5.85. The third-order valence-corrected chi connectivity index (χ3v) is 7.49. The molecule has 147 valence electrons. The first-order valence-electron chi connectivity index (χ1n) is 11.1. The monoisotopic (exact) mass is 435 g/mol. The van der Waals surface area contributed by atoms with Gasteiger partial charge in [0, 0.05) is 32.7 Å². The van der Waals surface area contributed by atoms with Crippen LogP contribution in [0.1, 0.15) is 90.9 Å². The van der Waals surface area contributed by atoms with Crippen molar-refractivity contribution >= 4 is 5.71 Å². The molecule has 0 aromatic rings. The maximum atomic E-state index is 5.49. The third-order valence-electron chi connectivity index (χ3n) is 7.49. The molecule has 1 radical (unpaired) electrons. The molecule has 3 aliphatic carbocycles. The van der Waals surface area contributed by atoms with Crippen LogP contribution in [0, 0.1) is 42.4 Å². The van der Waals surface area contributed by atoms with Gasteiger partial charge < -0.3 is 11.8 Å². The van der Waals surface area contributed by atoms with Gasteiger partial charge in [-0.3, -0.25) is 0 Å². The van der Waals surface area contributed by atoms with Crippen LogP contribution in [0.2, 0.25) is 0 Å². The van der Waals surface area contributed by atoms with Crippen LogP contribution in [0.25, 0.3) is 0 Å². The van der Waals surface area contributed by atoms with Gasteiger partial charge in [-0.05, 0) is 94.8 Å². The molecule has 0 N–H and O–H groups in total. The minimum atomic E-state index is 0. The van der Waals surface area contributed by atoms with E-state index in [2.05, 4.69) is 12.1 Å². The molecule has 0 unspecified atom stereocenters. The molecule has 3 fully saturated rings. The van der Waals surface area contributed by atoms with Gasteiger partial charge in [-0.2, -0.15) is 5.92 Å². The van der Waals surface area contributed by atoms with E-state index < -0.39 is 0 Å². The van der Waals surface area contributed by atoms with E-state index in [1.807, 2.05) is 13.8 Å². The summed E-state index contributed by atoms with van der Waals surface area (Å²) in [4.78, 5) is 5.49. The molecule has 0 aromatic heterocycles. The molecule has 0 atom stereocenters. The Balaban J connectivity index is 0.00000243. The predicted octanol–water partition coefficient (Wildman–Crippen LogP) is 6.65. The van der Waals surface area contributed by atoms with Crippen molar-refractivity contribution in [2.45, 2.75) is 90.9 Å². The molecular formula is C23H40NOY-. The topological polar surface area (TPSA) is 21.6 Å². The molecule has 0 saturated heterocycles. The summed E-state index contributed by atoms with van der Waals surface area (Å²) in [7, 11) is 0. The number of hydrogen-bond acceptors (Lipinski definition) is 2. The second-order valence-corrected chi connectivity index (χ2v) is 9.57. The Kier molecular flexibility index (Phi) is 10.2. The predicted molar refractivity (Wildman–Crippen MR) is 106 cm³/mol. The van der Waals surface area contributed by atoms with Crippen molar-refractivity contribution in [3.8, 4) is 0 Å². The van der Waals surface area contributed by atoms with E-state index in [1.165, 1.54) is 77.0 Å². The van der Waals surface area contributed by atoms with Gasteiger partial charge in [-0.1, -0.05) is 30.8 Å². The molecule has 3 aliphatic rings. The summed E-state index contributed by atoms with van der Waals surface area (Å²) in [5.74, 6) is 5.60. The number of oxime groups is 1. The summed E-state index contributed by atoms with van der Waals surface area (Å²) >= 11 is 0. The van der Waals surface area contributed by atoms with Crippen LogP contribution in [0.15, 0.2) is 5.16 Å². The maximum Gasteiger partial charge on any atom is 0.120 e. The fraction of sp³-hybridized carbons (Fsp3) is 0.913. The zero-order valence-corrected chi connectivity index (χ0v) is 20.1. The molecule has 0 bridgehead atoms. The van der Waals surface area contributed by atoms with Crippen LogP contribution in [0.4, 0.5) is 0 Å². The van der Waals surface area contributed by atoms with Crippen LogP contribution in [-0.2, 0) is 37.5 Å². The van der Waals surface area contributed by atoms with Gasteiger partial charge >= 0.3 is 0 Å². The SMILES string of the molecule is [CH2-]C1CCC(C2CCC(C3CCC(CON=C(C)C)CC3)CC2)CC1.[Y]. The van der Waals surface area contributed by atoms with Gasteiger partial charge in [-0.25, -0.2) is 0 Å². The van der Waals surface area contributed by atoms with Crippen LogP contribution in [-0.4, -0.2) is 12.3 Å². The maximum absolute atomic E-state index is 5.49. The molecule has 2 nitrogen and oxygen atoms in total. The zero-order chi connectivity index (χ0) is 17.6. The molecule has 0 aromatic carbocycles. The van der Waals surface area contributed by atoms with Gasteiger partial charge in [0.05, 0.1) is 5.71 Å². The molecule has 0 spiro atoms. The summed E-state index contributed by atoms with van der Waals surface area (Å²) in [6.45, 7) is 9.10. The minimum Gasteiger partial charge on any atom is -0.396 e. The van der Waals surface area contributed by atoms with E-state index in [-0.39, 0.29) is 32.7 Å². The first-order valence-corrected chi connectivity index (χ1v) is 11.1. The van der Waals surface area contributed by atoms with Crippen LogP contribution >= 0.6 is 0 Å². The third kappa shape index (κ3) is 6.87. The summed E-state index contributed by atoms with van der Waals surface area (Å²) < 4.78 is 0. The Morgan fingerprint density at radius 3 is 1.54 bits per heavy atom. The second-order valence-electron chi connectivity index (χ2n) is 9.57. The summed E-state index contributed by atoms with van der Waals surface area (Å²) in [5.41, 5.74) is 1.02. The summed E-state index contributed by atoms with van der Waals surface area (Å²) in [6, 6.07) is 0. The van der Waals surface area contributed by atoms with Crippen molar-refractivity contribution in [2.24, 2.45) is 40.7 Å². The van der Waals surface area contributed by atoms with E-state index in [4.69, 9.17) is 4.84 Å². The van der Waals surface area contributed by atoms with E-state index in [0.29, 0.717) is 0 Å². The largest absolute Gasteiger partial charge is 0.396 e. The van der Waals surface area contributed by atoms with Crippen molar-refractivity contribution in [1.82, 2.24) is 0 Å². The smallest absolute Gasteiger partial charge is 0.120 e. The van der Waals surface area contributed by atoms with Gasteiger partial charge in [-0.15, -0.1) is 0 Å². The quantitative estimate of drug-likeness (QED) is 0.269. The number of nitrogens with zero attached hydrogens (tertiary/aromatic N) is 1. The first kappa shape index (κ1) is 22.9. The van der Waals surface area contributed by atoms with Crippen molar-refractivity contribution < 1.29 is 37.5 Å². The van der Waals surface area contributed by atoms with E-state index in [0.717, 1.165) is 47.8 Å². The molecular weight excluding hydrogens is 395 g/mol. The Hall–Kier alpha value is 0.574. The average molecular weight is 435 g/mol. The van der Waals surface area contributed by atoms with Crippen molar-refractivity contribution in [3.05, 3.63) is 6.92 Å². The van der Waals surface area contributed by atoms with Crippen LogP contribution in [0.5, 0.6) is 0 Å². The van der Waals surface area contributed by atoms with Crippen molar-refractivity contribution in [3.63, 3.8) is 0 Å². The van der Waals surface area contributed by atoms with Crippen molar-refractivity contribution in [2.75, 3.05) is 6.61 Å². The van der Waals surface area contributed by atoms with Gasteiger partial charge in [0.2, 0.25) is 0 Å². The Morgan fingerprint density at radius 1 is 0.731 bits per heavy atom. The van der Waals surface area contributed by atoms with E-state index in [1.54, 1.807) is 0 Å². The number of hydrogen-bond donors (Lipinski definition) is 0. The molecule has 0 aliphatic heterocycles. The summed E-state index contributed by atoms with van der Waals surface area (Å²) in [6.07, 6.45) is 17.4. The van der Waals surface area contributed by atoms with Gasteiger partial charge in [0.25, 0.3) is 0 Å². The standard InChI is InChI=1S/C23H40NO.Y/c1-17(2)24-25-16-19-6-10-21(11-7-19)23-14-12-22(13-15-23)20-8-4-18(3)5-9-20;/h18-23H,3-16H2,1-2H3;/q-1;. The van der Waals surface area contributed by atoms with Gasteiger partial charge in [0.15, 0.2) is 0 Å². The average Bonchev–Trinajstić information content (AvgIpc) is 2.63. The molecule has 0 heterocycles. The summed E-state index contributed by atoms with van der Waals surface area (Å²) in [5, 5.41) is 4.10.